The maximum Gasteiger partial charge on any atom is 0.278 e. The molecule has 0 saturated carbocycles. The summed E-state index contributed by atoms with van der Waals surface area (Å²) in [5, 5.41) is 0. The van der Waals surface area contributed by atoms with E-state index < -0.39 is 31.6 Å². The van der Waals surface area contributed by atoms with Gasteiger partial charge in [0.15, 0.2) is 6.17 Å². The van der Waals surface area contributed by atoms with E-state index in [0.717, 1.165) is 0 Å². The number of rotatable bonds is 5. The molecule has 0 aliphatic carbocycles. The van der Waals surface area contributed by atoms with Crippen molar-refractivity contribution in [1.82, 2.24) is 0 Å². The quantitative estimate of drug-likeness (QED) is 0.558. The minimum atomic E-state index is -3.41. The van der Waals surface area contributed by atoms with Gasteiger partial charge in [-0.15, -0.1) is 0 Å². The summed E-state index contributed by atoms with van der Waals surface area (Å²) in [4.78, 5) is 0. The lowest BCUT2D eigenvalue weighted by Crippen LogP contribution is -2.29. The highest BCUT2D eigenvalue weighted by Crippen LogP contribution is 2.28. The van der Waals surface area contributed by atoms with Gasteiger partial charge in [-0.3, -0.25) is 4.39 Å². The molecule has 0 nitrogen and oxygen atoms in total. The molecule has 1 radical (unpaired) electrons. The van der Waals surface area contributed by atoms with Crippen molar-refractivity contribution in [2.24, 2.45) is 0 Å². The standard InChI is InChI=1S/C7H11F4/c1-2-6(9)7(10,11)4-3-5-8/h6H,1-5H2/t6-/m0/s1. The maximum atomic E-state index is 12.4. The Kier molecular flexibility index (Phi) is 4.45. The van der Waals surface area contributed by atoms with Crippen molar-refractivity contribution in [2.45, 2.75) is 31.4 Å². The molecule has 0 unspecified atom stereocenters. The first-order chi connectivity index (χ1) is 5.04. The SMILES string of the molecule is [CH2]C[C@H](F)C(F)(F)CCCF. The lowest BCUT2D eigenvalue weighted by Gasteiger charge is -2.18. The Bertz CT molecular complexity index is 103. The van der Waals surface area contributed by atoms with Gasteiger partial charge in [-0.25, -0.2) is 13.2 Å². The Balaban J connectivity index is 3.77. The molecular formula is C7H11F4. The molecule has 0 aromatic heterocycles. The molecule has 0 aromatic rings. The molecule has 0 aromatic carbocycles. The molecule has 0 aliphatic heterocycles. The number of hydrogen-bond acceptors (Lipinski definition) is 0. The second-order valence-corrected chi connectivity index (χ2v) is 2.31. The van der Waals surface area contributed by atoms with Crippen LogP contribution in [0.15, 0.2) is 0 Å². The van der Waals surface area contributed by atoms with Crippen LogP contribution in [-0.4, -0.2) is 18.8 Å². The van der Waals surface area contributed by atoms with Crippen molar-refractivity contribution >= 4 is 0 Å². The summed E-state index contributed by atoms with van der Waals surface area (Å²) in [7, 11) is 0. The van der Waals surface area contributed by atoms with Crippen LogP contribution in [0.1, 0.15) is 19.3 Å². The van der Waals surface area contributed by atoms with E-state index >= 15 is 0 Å². The van der Waals surface area contributed by atoms with E-state index in [1.807, 2.05) is 0 Å². The van der Waals surface area contributed by atoms with Crippen LogP contribution in [0, 0.1) is 6.92 Å². The fraction of sp³-hybridized carbons (Fsp3) is 0.857. The van der Waals surface area contributed by atoms with Crippen LogP contribution in [0.5, 0.6) is 0 Å². The monoisotopic (exact) mass is 171 g/mol. The van der Waals surface area contributed by atoms with Crippen molar-refractivity contribution in [2.75, 3.05) is 6.67 Å². The minimum Gasteiger partial charge on any atom is -0.251 e. The highest BCUT2D eigenvalue weighted by molar-refractivity contribution is 4.77. The highest BCUT2D eigenvalue weighted by Gasteiger charge is 2.37. The Morgan fingerprint density at radius 3 is 2.27 bits per heavy atom. The van der Waals surface area contributed by atoms with E-state index in [9.17, 15) is 17.6 Å². The molecule has 0 bridgehead atoms. The van der Waals surface area contributed by atoms with Crippen LogP contribution in [-0.2, 0) is 0 Å². The van der Waals surface area contributed by atoms with Crippen molar-refractivity contribution in [1.29, 1.82) is 0 Å². The van der Waals surface area contributed by atoms with Crippen molar-refractivity contribution < 1.29 is 17.6 Å². The third-order valence-corrected chi connectivity index (χ3v) is 1.36. The van der Waals surface area contributed by atoms with E-state index in [-0.39, 0.29) is 6.42 Å². The van der Waals surface area contributed by atoms with Crippen LogP contribution in [0.4, 0.5) is 17.6 Å². The van der Waals surface area contributed by atoms with Gasteiger partial charge in [0.25, 0.3) is 5.92 Å². The summed E-state index contributed by atoms with van der Waals surface area (Å²) in [6, 6.07) is 0. The summed E-state index contributed by atoms with van der Waals surface area (Å²) < 4.78 is 48.6. The molecule has 0 fully saturated rings. The third kappa shape index (κ3) is 3.58. The predicted molar refractivity (Wildman–Crippen MR) is 35.0 cm³/mol. The second kappa shape index (κ2) is 4.57. The van der Waals surface area contributed by atoms with Crippen LogP contribution in [0.3, 0.4) is 0 Å². The molecule has 1 atom stereocenters. The van der Waals surface area contributed by atoms with Gasteiger partial charge in [-0.1, -0.05) is 6.92 Å². The largest absolute Gasteiger partial charge is 0.278 e. The average molecular weight is 171 g/mol. The summed E-state index contributed by atoms with van der Waals surface area (Å²) >= 11 is 0. The Morgan fingerprint density at radius 1 is 1.36 bits per heavy atom. The van der Waals surface area contributed by atoms with Crippen molar-refractivity contribution in [3.05, 3.63) is 6.92 Å². The first-order valence-corrected chi connectivity index (χ1v) is 3.41. The van der Waals surface area contributed by atoms with E-state index in [0.29, 0.717) is 0 Å². The van der Waals surface area contributed by atoms with Gasteiger partial charge in [-0.05, 0) is 12.8 Å². The van der Waals surface area contributed by atoms with Gasteiger partial charge >= 0.3 is 0 Å². The first kappa shape index (κ1) is 10.7. The molecule has 0 spiro atoms. The average Bonchev–Trinajstić information content (AvgIpc) is 1.99. The summed E-state index contributed by atoms with van der Waals surface area (Å²) in [5.41, 5.74) is 0. The predicted octanol–water partition coefficient (Wildman–Crippen LogP) is 2.93. The number of halogens is 4. The van der Waals surface area contributed by atoms with E-state index in [1.165, 1.54) is 0 Å². The van der Waals surface area contributed by atoms with E-state index in [4.69, 9.17) is 0 Å². The summed E-state index contributed by atoms with van der Waals surface area (Å²) in [6.45, 7) is 2.18. The minimum absolute atomic E-state index is 0.298. The summed E-state index contributed by atoms with van der Waals surface area (Å²) in [5.74, 6) is -3.41. The zero-order valence-corrected chi connectivity index (χ0v) is 6.12. The molecule has 4 heteroatoms. The van der Waals surface area contributed by atoms with Crippen molar-refractivity contribution in [3.8, 4) is 0 Å². The Labute approximate surface area is 63.6 Å². The Hall–Kier alpha value is -0.280. The highest BCUT2D eigenvalue weighted by atomic mass is 19.3. The second-order valence-electron chi connectivity index (χ2n) is 2.31. The molecule has 0 N–H and O–H groups in total. The van der Waals surface area contributed by atoms with Gasteiger partial charge in [0.1, 0.15) is 0 Å². The zero-order valence-electron chi connectivity index (χ0n) is 6.12. The van der Waals surface area contributed by atoms with Gasteiger partial charge < -0.3 is 0 Å². The van der Waals surface area contributed by atoms with Gasteiger partial charge in [0, 0.05) is 6.42 Å². The van der Waals surface area contributed by atoms with Crippen LogP contribution < -0.4 is 0 Å². The van der Waals surface area contributed by atoms with Gasteiger partial charge in [0.05, 0.1) is 6.67 Å². The Morgan fingerprint density at radius 2 is 1.91 bits per heavy atom. The van der Waals surface area contributed by atoms with Crippen molar-refractivity contribution in [3.63, 3.8) is 0 Å². The summed E-state index contributed by atoms with van der Waals surface area (Å²) in [6.07, 6.45) is -3.75. The van der Waals surface area contributed by atoms with E-state index in [1.54, 1.807) is 0 Å². The normalized spacial score (nSPS) is 15.0. The molecule has 0 aliphatic rings. The zero-order chi connectivity index (χ0) is 8.91. The van der Waals surface area contributed by atoms with Crippen LogP contribution >= 0.6 is 0 Å². The number of alkyl halides is 4. The number of hydrogen-bond donors (Lipinski definition) is 0. The van der Waals surface area contributed by atoms with Gasteiger partial charge in [0.2, 0.25) is 0 Å². The van der Waals surface area contributed by atoms with Gasteiger partial charge in [-0.2, -0.15) is 0 Å². The fourth-order valence-electron chi connectivity index (χ4n) is 0.670. The molecule has 67 valence electrons. The molecule has 11 heavy (non-hydrogen) atoms. The fourth-order valence-corrected chi connectivity index (χ4v) is 0.670. The topological polar surface area (TPSA) is 0 Å². The van der Waals surface area contributed by atoms with E-state index in [2.05, 4.69) is 6.92 Å². The molecule has 0 rings (SSSR count). The lowest BCUT2D eigenvalue weighted by molar-refractivity contribution is -0.0792. The molecule has 0 heterocycles. The van der Waals surface area contributed by atoms with Crippen LogP contribution in [0.25, 0.3) is 0 Å². The first-order valence-electron chi connectivity index (χ1n) is 3.41. The maximum absolute atomic E-state index is 12.4. The molecular weight excluding hydrogens is 160 g/mol. The molecule has 0 saturated heterocycles. The van der Waals surface area contributed by atoms with Crippen LogP contribution in [0.2, 0.25) is 0 Å². The third-order valence-electron chi connectivity index (χ3n) is 1.36. The molecule has 0 amide bonds. The smallest absolute Gasteiger partial charge is 0.251 e. The lowest BCUT2D eigenvalue weighted by atomic mass is 10.1.